The topological polar surface area (TPSA) is 71.1 Å². The fourth-order valence-corrected chi connectivity index (χ4v) is 1.64. The lowest BCUT2D eigenvalue weighted by Crippen LogP contribution is -2.16. The van der Waals surface area contributed by atoms with Gasteiger partial charge in [0.1, 0.15) is 17.6 Å². The number of methoxy groups -OCH3 is 2. The highest BCUT2D eigenvalue weighted by atomic mass is 35.5. The highest BCUT2D eigenvalue weighted by Crippen LogP contribution is 2.26. The van der Waals surface area contributed by atoms with E-state index < -0.39 is 11.9 Å². The average molecular weight is 329 g/mol. The largest absolute Gasteiger partial charge is 0.500 e. The number of halogens is 1. The van der Waals surface area contributed by atoms with Crippen molar-refractivity contribution >= 4 is 23.5 Å². The molecule has 0 aromatic heterocycles. The highest BCUT2D eigenvalue weighted by molar-refractivity contribution is 6.31. The molecule has 0 atom stereocenters. The molecule has 0 saturated carbocycles. The lowest BCUT2D eigenvalue weighted by atomic mass is 10.2. The molecular formula is C15H17ClO6. The Kier molecular flexibility index (Phi) is 6.72. The Morgan fingerprint density at radius 1 is 1.23 bits per heavy atom. The Balaban J connectivity index is 3.15. The number of hydrogen-bond acceptors (Lipinski definition) is 6. The van der Waals surface area contributed by atoms with E-state index in [1.807, 2.05) is 0 Å². The molecule has 1 rings (SSSR count). The predicted molar refractivity (Wildman–Crippen MR) is 79.7 cm³/mol. The first-order valence-electron chi connectivity index (χ1n) is 6.38. The smallest absolute Gasteiger partial charge is 0.377 e. The standard InChI is InChI=1S/C15H17ClO6/c1-9(2)21-14(17)11-7-10(16)5-6-12(11)22-13(8-19-3)15(18)20-4/h5-9H,1-4H3/b13-8+. The van der Waals surface area contributed by atoms with Crippen molar-refractivity contribution in [2.45, 2.75) is 20.0 Å². The van der Waals surface area contributed by atoms with Crippen LogP contribution in [0.2, 0.25) is 5.02 Å². The molecule has 0 heterocycles. The first-order chi connectivity index (χ1) is 10.4. The van der Waals surface area contributed by atoms with E-state index in [1.54, 1.807) is 13.8 Å². The van der Waals surface area contributed by atoms with E-state index in [2.05, 4.69) is 4.74 Å². The third-order valence-electron chi connectivity index (χ3n) is 2.34. The van der Waals surface area contributed by atoms with Crippen molar-refractivity contribution in [3.05, 3.63) is 40.8 Å². The zero-order chi connectivity index (χ0) is 16.7. The van der Waals surface area contributed by atoms with Crippen molar-refractivity contribution in [2.75, 3.05) is 14.2 Å². The summed E-state index contributed by atoms with van der Waals surface area (Å²) in [6.45, 7) is 3.43. The maximum Gasteiger partial charge on any atom is 0.377 e. The second-order valence-electron chi connectivity index (χ2n) is 4.41. The molecule has 0 spiro atoms. The third-order valence-corrected chi connectivity index (χ3v) is 2.57. The second kappa shape index (κ2) is 8.29. The van der Waals surface area contributed by atoms with Gasteiger partial charge in [0.05, 0.1) is 20.3 Å². The van der Waals surface area contributed by atoms with E-state index >= 15 is 0 Å². The molecule has 0 amide bonds. The molecule has 0 aliphatic heterocycles. The van der Waals surface area contributed by atoms with Gasteiger partial charge in [-0.15, -0.1) is 0 Å². The molecule has 0 saturated heterocycles. The number of hydrogen-bond donors (Lipinski definition) is 0. The summed E-state index contributed by atoms with van der Waals surface area (Å²) in [6.07, 6.45) is 0.756. The Hall–Kier alpha value is -2.21. The van der Waals surface area contributed by atoms with Gasteiger partial charge in [-0.2, -0.15) is 0 Å². The molecule has 7 heteroatoms. The van der Waals surface area contributed by atoms with E-state index in [0.717, 1.165) is 6.26 Å². The third kappa shape index (κ3) is 4.96. The van der Waals surface area contributed by atoms with Gasteiger partial charge in [0, 0.05) is 5.02 Å². The molecule has 22 heavy (non-hydrogen) atoms. The minimum Gasteiger partial charge on any atom is -0.500 e. The maximum absolute atomic E-state index is 12.1. The molecule has 1 aromatic carbocycles. The second-order valence-corrected chi connectivity index (χ2v) is 4.84. The number of esters is 2. The van der Waals surface area contributed by atoms with Crippen molar-refractivity contribution < 1.29 is 28.5 Å². The Morgan fingerprint density at radius 2 is 1.91 bits per heavy atom. The normalized spacial score (nSPS) is 11.1. The average Bonchev–Trinajstić information content (AvgIpc) is 2.46. The molecule has 0 unspecified atom stereocenters. The first-order valence-corrected chi connectivity index (χ1v) is 6.76. The summed E-state index contributed by atoms with van der Waals surface area (Å²) in [6, 6.07) is 4.36. The van der Waals surface area contributed by atoms with Crippen molar-refractivity contribution in [2.24, 2.45) is 0 Å². The summed E-state index contributed by atoms with van der Waals surface area (Å²) in [5.74, 6) is -1.48. The minimum atomic E-state index is -0.750. The van der Waals surface area contributed by atoms with Crippen molar-refractivity contribution in [1.82, 2.24) is 0 Å². The number of rotatable bonds is 6. The number of carbonyl (C=O) groups is 2. The monoisotopic (exact) mass is 328 g/mol. The van der Waals surface area contributed by atoms with E-state index in [9.17, 15) is 9.59 Å². The van der Waals surface area contributed by atoms with Crippen LogP contribution >= 0.6 is 11.6 Å². The van der Waals surface area contributed by atoms with E-state index in [0.29, 0.717) is 5.02 Å². The van der Waals surface area contributed by atoms with Crippen LogP contribution in [0, 0.1) is 0 Å². The molecule has 0 aliphatic rings. The van der Waals surface area contributed by atoms with Gasteiger partial charge in [0.15, 0.2) is 0 Å². The van der Waals surface area contributed by atoms with Crippen molar-refractivity contribution in [3.63, 3.8) is 0 Å². The van der Waals surface area contributed by atoms with Gasteiger partial charge in [-0.3, -0.25) is 0 Å². The van der Waals surface area contributed by atoms with Gasteiger partial charge in [-0.05, 0) is 32.0 Å². The number of benzene rings is 1. The van der Waals surface area contributed by atoms with Crippen LogP contribution in [0.5, 0.6) is 5.75 Å². The summed E-state index contributed by atoms with van der Waals surface area (Å²) in [7, 11) is 2.55. The number of ether oxygens (including phenoxy) is 4. The zero-order valence-electron chi connectivity index (χ0n) is 12.7. The van der Waals surface area contributed by atoms with Gasteiger partial charge in [0.25, 0.3) is 0 Å². The van der Waals surface area contributed by atoms with Crippen molar-refractivity contribution in [1.29, 1.82) is 0 Å². The van der Waals surface area contributed by atoms with Crippen LogP contribution in [0.4, 0.5) is 0 Å². The lowest BCUT2D eigenvalue weighted by Gasteiger charge is -2.13. The fourth-order valence-electron chi connectivity index (χ4n) is 1.47. The number of carbonyl (C=O) groups excluding carboxylic acids is 2. The van der Waals surface area contributed by atoms with Crippen LogP contribution < -0.4 is 4.74 Å². The van der Waals surface area contributed by atoms with Crippen LogP contribution in [-0.4, -0.2) is 32.3 Å². The Labute approximate surface area is 133 Å². The molecule has 6 nitrogen and oxygen atoms in total. The first kappa shape index (κ1) is 17.8. The van der Waals surface area contributed by atoms with Crippen LogP contribution in [-0.2, 0) is 19.0 Å². The molecule has 120 valence electrons. The molecule has 0 radical (unpaired) electrons. The molecule has 1 aromatic rings. The quantitative estimate of drug-likeness (QED) is 0.454. The molecular weight excluding hydrogens is 312 g/mol. The van der Waals surface area contributed by atoms with E-state index in [4.69, 9.17) is 25.8 Å². The minimum absolute atomic E-state index is 0.0899. The van der Waals surface area contributed by atoms with E-state index in [1.165, 1.54) is 32.4 Å². The van der Waals surface area contributed by atoms with Crippen LogP contribution in [0.25, 0.3) is 0 Å². The van der Waals surface area contributed by atoms with Gasteiger partial charge >= 0.3 is 11.9 Å². The lowest BCUT2D eigenvalue weighted by molar-refractivity contribution is -0.138. The van der Waals surface area contributed by atoms with Crippen LogP contribution in [0.15, 0.2) is 30.2 Å². The SMILES string of the molecule is CO/C=C(/Oc1ccc(Cl)cc1C(=O)OC(C)C)C(=O)OC. The van der Waals surface area contributed by atoms with Gasteiger partial charge < -0.3 is 18.9 Å². The van der Waals surface area contributed by atoms with Crippen LogP contribution in [0.1, 0.15) is 24.2 Å². The molecule has 0 N–H and O–H groups in total. The molecule has 0 bridgehead atoms. The summed E-state index contributed by atoms with van der Waals surface area (Å²) in [4.78, 5) is 23.7. The Bertz CT molecular complexity index is 579. The Morgan fingerprint density at radius 3 is 2.45 bits per heavy atom. The molecule has 0 aliphatic carbocycles. The fraction of sp³-hybridized carbons (Fsp3) is 0.333. The summed E-state index contributed by atoms with van der Waals surface area (Å²) in [5.41, 5.74) is 0.0899. The maximum atomic E-state index is 12.1. The van der Waals surface area contributed by atoms with E-state index in [-0.39, 0.29) is 23.2 Å². The van der Waals surface area contributed by atoms with Crippen molar-refractivity contribution in [3.8, 4) is 5.75 Å². The van der Waals surface area contributed by atoms with Gasteiger partial charge in [-0.25, -0.2) is 9.59 Å². The summed E-state index contributed by atoms with van der Waals surface area (Å²) >= 11 is 5.89. The summed E-state index contributed by atoms with van der Waals surface area (Å²) < 4.78 is 19.8. The zero-order valence-corrected chi connectivity index (χ0v) is 13.5. The molecule has 0 fully saturated rings. The highest BCUT2D eigenvalue weighted by Gasteiger charge is 2.20. The van der Waals surface area contributed by atoms with Gasteiger partial charge in [0.2, 0.25) is 5.76 Å². The summed E-state index contributed by atoms with van der Waals surface area (Å²) in [5, 5.41) is 0.332. The van der Waals surface area contributed by atoms with Crippen LogP contribution in [0.3, 0.4) is 0 Å². The van der Waals surface area contributed by atoms with Gasteiger partial charge in [-0.1, -0.05) is 11.6 Å². The predicted octanol–water partition coefficient (Wildman–Crippen LogP) is 2.94.